The maximum Gasteiger partial charge on any atom is 0.267 e. The summed E-state index contributed by atoms with van der Waals surface area (Å²) in [6.45, 7) is 7.50. The van der Waals surface area contributed by atoms with E-state index in [0.29, 0.717) is 29.3 Å². The Hall–Kier alpha value is -1.21. The minimum absolute atomic E-state index is 0. The van der Waals surface area contributed by atoms with E-state index in [2.05, 4.69) is 29.5 Å². The van der Waals surface area contributed by atoms with E-state index < -0.39 is 0 Å². The summed E-state index contributed by atoms with van der Waals surface area (Å²) in [4.78, 5) is 17.7. The number of benzene rings is 1. The molecule has 0 spiro atoms. The highest BCUT2D eigenvalue weighted by molar-refractivity contribution is 7.13. The molecule has 2 N–H and O–H groups in total. The highest BCUT2D eigenvalue weighted by Crippen LogP contribution is 2.27. The van der Waals surface area contributed by atoms with Crippen molar-refractivity contribution in [2.45, 2.75) is 40.2 Å². The van der Waals surface area contributed by atoms with Gasteiger partial charge in [0.25, 0.3) is 5.91 Å². The zero-order chi connectivity index (χ0) is 17.3. The van der Waals surface area contributed by atoms with Crippen molar-refractivity contribution in [3.8, 4) is 0 Å². The summed E-state index contributed by atoms with van der Waals surface area (Å²) in [5, 5.41) is 6.82. The Labute approximate surface area is 169 Å². The molecule has 0 bridgehead atoms. The number of aryl methyl sites for hydroxylation is 1. The Balaban J connectivity index is 0.00000169. The number of rotatable bonds is 4. The molecule has 1 aromatic heterocycles. The zero-order valence-corrected chi connectivity index (χ0v) is 17.5. The maximum atomic E-state index is 14.7. The van der Waals surface area contributed by atoms with E-state index in [4.69, 9.17) is 0 Å². The molecule has 8 heteroatoms. The lowest BCUT2D eigenvalue weighted by Crippen LogP contribution is -2.25. The van der Waals surface area contributed by atoms with E-state index in [1.807, 2.05) is 13.0 Å². The smallest absolute Gasteiger partial charge is 0.267 e. The number of carbonyl (C=O) groups excluding carboxylic acids is 1. The van der Waals surface area contributed by atoms with Crippen molar-refractivity contribution < 1.29 is 9.18 Å². The average molecular weight is 420 g/mol. The zero-order valence-electron chi connectivity index (χ0n) is 15.0. The predicted octanol–water partition coefficient (Wildman–Crippen LogP) is 4.53. The Morgan fingerprint density at radius 1 is 1.38 bits per heavy atom. The third-order valence-corrected chi connectivity index (χ3v) is 5.08. The van der Waals surface area contributed by atoms with Crippen LogP contribution in [0, 0.1) is 18.7 Å². The number of halogens is 3. The van der Waals surface area contributed by atoms with E-state index >= 15 is 0 Å². The number of nitrogens with one attached hydrogen (secondary N) is 2. The fourth-order valence-electron chi connectivity index (χ4n) is 2.98. The van der Waals surface area contributed by atoms with Crippen molar-refractivity contribution in [2.24, 2.45) is 5.92 Å². The first-order valence-corrected chi connectivity index (χ1v) is 9.06. The Bertz CT molecular complexity index is 780. The highest BCUT2D eigenvalue weighted by Gasteiger charge is 2.21. The van der Waals surface area contributed by atoms with Gasteiger partial charge in [-0.15, -0.1) is 36.2 Å². The molecule has 0 atom stereocenters. The molecule has 2 aromatic rings. The maximum absolute atomic E-state index is 14.7. The van der Waals surface area contributed by atoms with E-state index in [9.17, 15) is 9.18 Å². The van der Waals surface area contributed by atoms with Crippen LogP contribution < -0.4 is 10.6 Å². The van der Waals surface area contributed by atoms with Crippen molar-refractivity contribution in [2.75, 3.05) is 11.9 Å². The van der Waals surface area contributed by atoms with Gasteiger partial charge >= 0.3 is 0 Å². The van der Waals surface area contributed by atoms with E-state index in [1.54, 1.807) is 6.07 Å². The van der Waals surface area contributed by atoms with Crippen LogP contribution in [-0.2, 0) is 19.4 Å². The third-order valence-electron chi connectivity index (χ3n) is 4.07. The van der Waals surface area contributed by atoms with Gasteiger partial charge in [-0.25, -0.2) is 9.37 Å². The van der Waals surface area contributed by atoms with Gasteiger partial charge in [-0.3, -0.25) is 4.79 Å². The fourth-order valence-corrected chi connectivity index (χ4v) is 3.82. The van der Waals surface area contributed by atoms with E-state index in [0.717, 1.165) is 29.2 Å². The Morgan fingerprint density at radius 2 is 2.12 bits per heavy atom. The predicted molar refractivity (Wildman–Crippen MR) is 110 cm³/mol. The summed E-state index contributed by atoms with van der Waals surface area (Å²) in [7, 11) is 0. The normalized spacial score (nSPS) is 12.8. The highest BCUT2D eigenvalue weighted by atomic mass is 35.5. The number of thiazole rings is 1. The summed E-state index contributed by atoms with van der Waals surface area (Å²) >= 11 is 1.36. The monoisotopic (exact) mass is 419 g/mol. The van der Waals surface area contributed by atoms with Gasteiger partial charge in [0.05, 0.1) is 16.4 Å². The van der Waals surface area contributed by atoms with Crippen LogP contribution in [0.5, 0.6) is 0 Å². The second-order valence-corrected chi connectivity index (χ2v) is 7.76. The van der Waals surface area contributed by atoms with Gasteiger partial charge in [0.1, 0.15) is 10.7 Å². The first-order valence-electron chi connectivity index (χ1n) is 8.24. The van der Waals surface area contributed by atoms with Gasteiger partial charge in [-0.1, -0.05) is 19.9 Å². The first-order chi connectivity index (χ1) is 11.5. The van der Waals surface area contributed by atoms with Crippen molar-refractivity contribution >= 4 is 47.7 Å². The van der Waals surface area contributed by atoms with Crippen molar-refractivity contribution in [1.29, 1.82) is 0 Å². The van der Waals surface area contributed by atoms with E-state index in [1.165, 1.54) is 11.3 Å². The van der Waals surface area contributed by atoms with Gasteiger partial charge in [0, 0.05) is 6.54 Å². The lowest BCUT2D eigenvalue weighted by atomic mass is 9.99. The molecular formula is C18H24Cl2FN3OS. The van der Waals surface area contributed by atoms with Gasteiger partial charge in [-0.05, 0) is 49.4 Å². The minimum Gasteiger partial charge on any atom is -0.319 e. The quantitative estimate of drug-likeness (QED) is 0.764. The van der Waals surface area contributed by atoms with Crippen LogP contribution in [0.1, 0.15) is 45.3 Å². The van der Waals surface area contributed by atoms with Crippen LogP contribution in [0.15, 0.2) is 12.1 Å². The third kappa shape index (κ3) is 4.94. The van der Waals surface area contributed by atoms with Gasteiger partial charge in [0.15, 0.2) is 0 Å². The second-order valence-electron chi connectivity index (χ2n) is 6.55. The van der Waals surface area contributed by atoms with Crippen molar-refractivity contribution in [1.82, 2.24) is 10.3 Å². The Kier molecular flexibility index (Phi) is 8.47. The SMILES string of the molecule is Cc1nc(CC(C)C)c(C(=O)Nc2ccc3c(c2F)CCNC3)s1.Cl.Cl. The van der Waals surface area contributed by atoms with Gasteiger partial charge < -0.3 is 10.6 Å². The van der Waals surface area contributed by atoms with Crippen LogP contribution in [0.2, 0.25) is 0 Å². The Morgan fingerprint density at radius 3 is 2.81 bits per heavy atom. The topological polar surface area (TPSA) is 54.0 Å². The molecule has 26 heavy (non-hydrogen) atoms. The number of anilines is 1. The minimum atomic E-state index is -0.311. The fraction of sp³-hybridized carbons (Fsp3) is 0.444. The molecule has 1 aliphatic rings. The standard InChI is InChI=1S/C18H22FN3OS.2ClH/c1-10(2)8-15-17(24-11(3)21-15)18(23)22-14-5-4-12-9-20-7-6-13(12)16(14)19;;/h4-5,10,20H,6-9H2,1-3H3,(H,22,23);2*1H. The van der Waals surface area contributed by atoms with Gasteiger partial charge in [0.2, 0.25) is 0 Å². The first kappa shape index (κ1) is 22.8. The average Bonchev–Trinajstić information content (AvgIpc) is 2.90. The number of fused-ring (bicyclic) bond motifs is 1. The lowest BCUT2D eigenvalue weighted by molar-refractivity contribution is 0.102. The summed E-state index contributed by atoms with van der Waals surface area (Å²) in [6.07, 6.45) is 1.38. The second kappa shape index (κ2) is 9.65. The number of aromatic nitrogens is 1. The summed E-state index contributed by atoms with van der Waals surface area (Å²) in [5.41, 5.74) is 2.72. The molecule has 4 nitrogen and oxygen atoms in total. The van der Waals surface area contributed by atoms with Crippen LogP contribution in [-0.4, -0.2) is 17.4 Å². The molecule has 0 radical (unpaired) electrons. The summed E-state index contributed by atoms with van der Waals surface area (Å²) < 4.78 is 14.7. The number of hydrogen-bond acceptors (Lipinski definition) is 4. The lowest BCUT2D eigenvalue weighted by Gasteiger charge is -2.19. The summed E-state index contributed by atoms with van der Waals surface area (Å²) in [6, 6.07) is 3.53. The van der Waals surface area contributed by atoms with Crippen molar-refractivity contribution in [3.63, 3.8) is 0 Å². The van der Waals surface area contributed by atoms with Crippen LogP contribution in [0.25, 0.3) is 0 Å². The van der Waals surface area contributed by atoms with Crippen LogP contribution >= 0.6 is 36.2 Å². The van der Waals surface area contributed by atoms with Gasteiger partial charge in [-0.2, -0.15) is 0 Å². The van der Waals surface area contributed by atoms with E-state index in [-0.39, 0.29) is 42.2 Å². The molecule has 1 amide bonds. The molecule has 0 saturated carbocycles. The molecule has 0 saturated heterocycles. The van der Waals surface area contributed by atoms with Crippen LogP contribution in [0.4, 0.5) is 10.1 Å². The number of carbonyl (C=O) groups is 1. The molecule has 0 aliphatic carbocycles. The number of amides is 1. The number of nitrogens with zero attached hydrogens (tertiary/aromatic N) is 1. The molecule has 144 valence electrons. The molecule has 1 aliphatic heterocycles. The molecular weight excluding hydrogens is 396 g/mol. The molecule has 3 rings (SSSR count). The molecule has 0 unspecified atom stereocenters. The summed E-state index contributed by atoms with van der Waals surface area (Å²) in [5.74, 6) is -0.177. The molecule has 1 aromatic carbocycles. The number of hydrogen-bond donors (Lipinski definition) is 2. The largest absolute Gasteiger partial charge is 0.319 e. The van der Waals surface area contributed by atoms with Crippen molar-refractivity contribution in [3.05, 3.63) is 44.7 Å². The van der Waals surface area contributed by atoms with Crippen LogP contribution in [0.3, 0.4) is 0 Å². The molecule has 0 fully saturated rings. The molecule has 2 heterocycles.